The summed E-state index contributed by atoms with van der Waals surface area (Å²) in [5.41, 5.74) is 1.98. The molecular formula is C18H15BrN2O. The van der Waals surface area contributed by atoms with E-state index in [1.54, 1.807) is 12.4 Å². The molecule has 3 nitrogen and oxygen atoms in total. The molecule has 0 aliphatic heterocycles. The maximum Gasteiger partial charge on any atom is 0.224 e. The lowest BCUT2D eigenvalue weighted by atomic mass is 10.1. The summed E-state index contributed by atoms with van der Waals surface area (Å²) in [7, 11) is 0. The van der Waals surface area contributed by atoms with Crippen LogP contribution in [0.4, 0.5) is 5.69 Å². The number of nitrogens with one attached hydrogen (secondary N) is 1. The normalized spacial score (nSPS) is 10.6. The van der Waals surface area contributed by atoms with Crippen LogP contribution in [0.2, 0.25) is 0 Å². The van der Waals surface area contributed by atoms with Gasteiger partial charge in [0.25, 0.3) is 0 Å². The molecule has 3 rings (SSSR count). The smallest absolute Gasteiger partial charge is 0.224 e. The molecule has 0 fully saturated rings. The maximum atomic E-state index is 12.2. The third-order valence-electron chi connectivity index (χ3n) is 3.49. The van der Waals surface area contributed by atoms with Crippen molar-refractivity contribution in [1.82, 2.24) is 4.98 Å². The summed E-state index contributed by atoms with van der Waals surface area (Å²) in [6, 6.07) is 15.8. The Hall–Kier alpha value is -2.20. The fourth-order valence-corrected chi connectivity index (χ4v) is 2.97. The number of carbonyl (C=O) groups excluding carboxylic acids is 1. The first-order valence-corrected chi connectivity index (χ1v) is 7.89. The Bertz CT molecular complexity index is 797. The van der Waals surface area contributed by atoms with Gasteiger partial charge in [-0.25, -0.2) is 0 Å². The predicted molar refractivity (Wildman–Crippen MR) is 92.8 cm³/mol. The number of anilines is 1. The Labute approximate surface area is 137 Å². The van der Waals surface area contributed by atoms with Gasteiger partial charge in [-0.15, -0.1) is 0 Å². The highest BCUT2D eigenvalue weighted by atomic mass is 79.9. The first-order chi connectivity index (χ1) is 10.7. The van der Waals surface area contributed by atoms with Crippen molar-refractivity contribution in [3.8, 4) is 0 Å². The number of hydrogen-bond acceptors (Lipinski definition) is 2. The minimum Gasteiger partial charge on any atom is -0.325 e. The maximum absolute atomic E-state index is 12.2. The molecule has 0 aliphatic carbocycles. The first-order valence-electron chi connectivity index (χ1n) is 7.10. The fraction of sp³-hybridized carbons (Fsp3) is 0.111. The largest absolute Gasteiger partial charge is 0.325 e. The van der Waals surface area contributed by atoms with Crippen LogP contribution in [0.25, 0.3) is 10.8 Å². The molecule has 2 aromatic carbocycles. The zero-order valence-electron chi connectivity index (χ0n) is 11.9. The molecule has 0 saturated carbocycles. The van der Waals surface area contributed by atoms with Crippen LogP contribution in [0.5, 0.6) is 0 Å². The monoisotopic (exact) mass is 354 g/mol. The summed E-state index contributed by atoms with van der Waals surface area (Å²) in [6.07, 6.45) is 4.73. The quantitative estimate of drug-likeness (QED) is 0.745. The first kappa shape index (κ1) is 14.7. The molecule has 3 aromatic rings. The van der Waals surface area contributed by atoms with Crippen LogP contribution in [0, 0.1) is 0 Å². The fourth-order valence-electron chi connectivity index (χ4n) is 2.41. The zero-order valence-corrected chi connectivity index (χ0v) is 13.5. The van der Waals surface area contributed by atoms with Gasteiger partial charge in [0.1, 0.15) is 0 Å². The summed E-state index contributed by atoms with van der Waals surface area (Å²) in [5, 5.41) is 4.97. The number of benzene rings is 2. The van der Waals surface area contributed by atoms with Gasteiger partial charge in [-0.2, -0.15) is 0 Å². The molecular weight excluding hydrogens is 340 g/mol. The van der Waals surface area contributed by atoms with Gasteiger partial charge < -0.3 is 5.32 Å². The average Bonchev–Trinajstić information content (AvgIpc) is 2.54. The summed E-state index contributed by atoms with van der Waals surface area (Å²) in [4.78, 5) is 16.3. The van der Waals surface area contributed by atoms with Crippen LogP contribution in [0.15, 0.2) is 65.4 Å². The van der Waals surface area contributed by atoms with Crippen LogP contribution in [0.1, 0.15) is 12.0 Å². The summed E-state index contributed by atoms with van der Waals surface area (Å²) < 4.78 is 0.879. The van der Waals surface area contributed by atoms with Crippen LogP contribution in [0.3, 0.4) is 0 Å². The van der Waals surface area contributed by atoms with E-state index in [0.29, 0.717) is 6.42 Å². The summed E-state index contributed by atoms with van der Waals surface area (Å²) in [5.74, 6) is 0.0139. The molecule has 110 valence electrons. The van der Waals surface area contributed by atoms with Crippen molar-refractivity contribution >= 4 is 38.3 Å². The Morgan fingerprint density at radius 3 is 2.68 bits per heavy atom. The number of aryl methyl sites for hydroxylation is 1. The van der Waals surface area contributed by atoms with Gasteiger partial charge in [0.2, 0.25) is 5.91 Å². The van der Waals surface area contributed by atoms with Gasteiger partial charge in [-0.3, -0.25) is 9.78 Å². The van der Waals surface area contributed by atoms with E-state index in [1.807, 2.05) is 48.5 Å². The number of nitrogens with zero attached hydrogens (tertiary/aromatic N) is 1. The molecule has 0 radical (unpaired) electrons. The minimum absolute atomic E-state index is 0.0139. The van der Waals surface area contributed by atoms with Crippen molar-refractivity contribution in [2.45, 2.75) is 12.8 Å². The zero-order chi connectivity index (χ0) is 15.4. The van der Waals surface area contributed by atoms with Crippen LogP contribution in [-0.4, -0.2) is 10.9 Å². The number of aromatic nitrogens is 1. The van der Waals surface area contributed by atoms with Crippen molar-refractivity contribution in [1.29, 1.82) is 0 Å². The average molecular weight is 355 g/mol. The SMILES string of the molecule is O=C(CCc1ccccc1)Nc1cccc2cncc(Br)c12. The second-order valence-corrected chi connectivity index (χ2v) is 5.91. The molecule has 22 heavy (non-hydrogen) atoms. The van der Waals surface area contributed by atoms with Gasteiger partial charge in [0, 0.05) is 39.7 Å². The highest BCUT2D eigenvalue weighted by Gasteiger charge is 2.08. The van der Waals surface area contributed by atoms with Gasteiger partial charge in [-0.05, 0) is 34.0 Å². The molecule has 1 amide bonds. The number of fused-ring (bicyclic) bond motifs is 1. The lowest BCUT2D eigenvalue weighted by Gasteiger charge is -2.10. The van der Waals surface area contributed by atoms with Gasteiger partial charge in [0.15, 0.2) is 0 Å². The standard InChI is InChI=1S/C18H15BrN2O/c19-15-12-20-11-14-7-4-8-16(18(14)15)21-17(22)10-9-13-5-2-1-3-6-13/h1-8,11-12H,9-10H2,(H,21,22). The summed E-state index contributed by atoms with van der Waals surface area (Å²) >= 11 is 3.50. The molecule has 1 heterocycles. The highest BCUT2D eigenvalue weighted by molar-refractivity contribution is 9.10. The van der Waals surface area contributed by atoms with E-state index < -0.39 is 0 Å². The van der Waals surface area contributed by atoms with E-state index in [0.717, 1.165) is 27.4 Å². The Morgan fingerprint density at radius 1 is 1.05 bits per heavy atom. The van der Waals surface area contributed by atoms with E-state index in [9.17, 15) is 4.79 Å². The number of amides is 1. The van der Waals surface area contributed by atoms with E-state index in [1.165, 1.54) is 5.56 Å². The number of hydrogen-bond donors (Lipinski definition) is 1. The van der Waals surface area contributed by atoms with E-state index in [4.69, 9.17) is 0 Å². The van der Waals surface area contributed by atoms with E-state index in [2.05, 4.69) is 26.2 Å². The van der Waals surface area contributed by atoms with Gasteiger partial charge in [-0.1, -0.05) is 42.5 Å². The van der Waals surface area contributed by atoms with Crippen molar-refractivity contribution in [3.05, 3.63) is 71.0 Å². The molecule has 0 saturated heterocycles. The van der Waals surface area contributed by atoms with Crippen molar-refractivity contribution in [3.63, 3.8) is 0 Å². The number of pyridine rings is 1. The molecule has 4 heteroatoms. The molecule has 0 atom stereocenters. The number of halogens is 1. The Kier molecular flexibility index (Phi) is 4.49. The third kappa shape index (κ3) is 3.34. The number of rotatable bonds is 4. The topological polar surface area (TPSA) is 42.0 Å². The van der Waals surface area contributed by atoms with E-state index in [-0.39, 0.29) is 5.91 Å². The Morgan fingerprint density at radius 2 is 1.86 bits per heavy atom. The number of carbonyl (C=O) groups is 1. The van der Waals surface area contributed by atoms with Crippen LogP contribution < -0.4 is 5.32 Å². The van der Waals surface area contributed by atoms with Crippen LogP contribution in [-0.2, 0) is 11.2 Å². The molecule has 0 bridgehead atoms. The van der Waals surface area contributed by atoms with E-state index >= 15 is 0 Å². The van der Waals surface area contributed by atoms with Crippen LogP contribution >= 0.6 is 15.9 Å². The molecule has 0 spiro atoms. The van der Waals surface area contributed by atoms with Crippen molar-refractivity contribution < 1.29 is 4.79 Å². The van der Waals surface area contributed by atoms with Crippen molar-refractivity contribution in [2.75, 3.05) is 5.32 Å². The van der Waals surface area contributed by atoms with Gasteiger partial charge in [0.05, 0.1) is 0 Å². The van der Waals surface area contributed by atoms with Gasteiger partial charge >= 0.3 is 0 Å². The molecule has 0 unspecified atom stereocenters. The molecule has 1 aromatic heterocycles. The molecule has 0 aliphatic rings. The predicted octanol–water partition coefficient (Wildman–Crippen LogP) is 4.57. The minimum atomic E-state index is 0.0139. The summed E-state index contributed by atoms with van der Waals surface area (Å²) in [6.45, 7) is 0. The lowest BCUT2D eigenvalue weighted by molar-refractivity contribution is -0.116. The highest BCUT2D eigenvalue weighted by Crippen LogP contribution is 2.29. The Balaban J connectivity index is 1.74. The second-order valence-electron chi connectivity index (χ2n) is 5.06. The second kappa shape index (κ2) is 6.71. The molecule has 1 N–H and O–H groups in total. The van der Waals surface area contributed by atoms with Crippen molar-refractivity contribution in [2.24, 2.45) is 0 Å². The third-order valence-corrected chi connectivity index (χ3v) is 4.10. The lowest BCUT2D eigenvalue weighted by Crippen LogP contribution is -2.12.